The van der Waals surface area contributed by atoms with Crippen molar-refractivity contribution in [3.05, 3.63) is 11.6 Å². The second kappa shape index (κ2) is 6.93. The van der Waals surface area contributed by atoms with Crippen LogP contribution in [-0.2, 0) is 28.6 Å². The highest BCUT2D eigenvalue weighted by atomic mass is 16.7. The van der Waals surface area contributed by atoms with E-state index in [9.17, 15) is 14.4 Å². The molecule has 6 heteroatoms. The van der Waals surface area contributed by atoms with Crippen molar-refractivity contribution in [2.24, 2.45) is 34.5 Å². The Bertz CT molecular complexity index is 758. The van der Waals surface area contributed by atoms with Crippen LogP contribution in [0.25, 0.3) is 0 Å². The number of rotatable bonds is 4. The summed E-state index contributed by atoms with van der Waals surface area (Å²) in [6, 6.07) is 0. The maximum absolute atomic E-state index is 12.8. The number of carbonyl (C=O) groups excluding carboxylic acids is 3. The third-order valence-corrected chi connectivity index (χ3v) is 8.57. The summed E-state index contributed by atoms with van der Waals surface area (Å²) in [6.45, 7) is 6.40. The van der Waals surface area contributed by atoms with Crippen molar-refractivity contribution in [3.8, 4) is 0 Å². The van der Waals surface area contributed by atoms with E-state index in [1.54, 1.807) is 6.08 Å². The Morgan fingerprint density at radius 3 is 2.76 bits per heavy atom. The summed E-state index contributed by atoms with van der Waals surface area (Å²) >= 11 is 0. The molecular formula is C23H32O6. The number of methoxy groups -OCH3 is 1. The minimum atomic E-state index is -1.07. The molecule has 0 N–H and O–H groups in total. The van der Waals surface area contributed by atoms with Crippen LogP contribution in [0, 0.1) is 34.5 Å². The average Bonchev–Trinajstić information content (AvgIpc) is 3.04. The van der Waals surface area contributed by atoms with Crippen molar-refractivity contribution >= 4 is 18.2 Å². The van der Waals surface area contributed by atoms with Crippen LogP contribution in [0.5, 0.6) is 0 Å². The first kappa shape index (κ1) is 20.6. The van der Waals surface area contributed by atoms with E-state index in [2.05, 4.69) is 6.92 Å². The van der Waals surface area contributed by atoms with Gasteiger partial charge in [-0.1, -0.05) is 13.3 Å². The predicted octanol–water partition coefficient (Wildman–Crippen LogP) is 3.43. The van der Waals surface area contributed by atoms with Gasteiger partial charge in [0.05, 0.1) is 12.5 Å². The molecule has 0 spiro atoms. The molecule has 6 nitrogen and oxygen atoms in total. The van der Waals surface area contributed by atoms with E-state index in [0.29, 0.717) is 13.0 Å². The number of carbonyl (C=O) groups is 3. The minimum absolute atomic E-state index is 0.00707. The topological polar surface area (TPSA) is 78.9 Å². The zero-order valence-electron chi connectivity index (χ0n) is 17.9. The highest BCUT2D eigenvalue weighted by Crippen LogP contribution is 2.66. The van der Waals surface area contributed by atoms with Crippen molar-refractivity contribution in [2.75, 3.05) is 13.7 Å². The average molecular weight is 405 g/mol. The zero-order chi connectivity index (χ0) is 21.0. The van der Waals surface area contributed by atoms with Crippen LogP contribution in [-0.4, -0.2) is 37.7 Å². The number of hydrogen-bond donors (Lipinski definition) is 0. The van der Waals surface area contributed by atoms with E-state index in [1.807, 2.05) is 13.8 Å². The van der Waals surface area contributed by atoms with E-state index in [-0.39, 0.29) is 35.6 Å². The van der Waals surface area contributed by atoms with Crippen LogP contribution in [0.4, 0.5) is 0 Å². The van der Waals surface area contributed by atoms with E-state index in [4.69, 9.17) is 14.2 Å². The van der Waals surface area contributed by atoms with E-state index in [0.717, 1.165) is 44.0 Å². The Labute approximate surface area is 172 Å². The zero-order valence-corrected chi connectivity index (χ0v) is 17.9. The molecule has 0 aromatic rings. The Balaban J connectivity index is 1.79. The van der Waals surface area contributed by atoms with Crippen LogP contribution in [0.1, 0.15) is 59.3 Å². The first-order valence-electron chi connectivity index (χ1n) is 10.9. The predicted molar refractivity (Wildman–Crippen MR) is 104 cm³/mol. The van der Waals surface area contributed by atoms with E-state index < -0.39 is 16.6 Å². The number of fused-ring (bicyclic) bond motifs is 4. The lowest BCUT2D eigenvalue weighted by Crippen LogP contribution is -2.62. The molecule has 3 fully saturated rings. The van der Waals surface area contributed by atoms with Crippen molar-refractivity contribution < 1.29 is 28.6 Å². The van der Waals surface area contributed by atoms with Gasteiger partial charge in [0.2, 0.25) is 5.79 Å². The molecule has 0 bridgehead atoms. The fourth-order valence-corrected chi connectivity index (χ4v) is 7.39. The lowest BCUT2D eigenvalue weighted by molar-refractivity contribution is -0.238. The quantitative estimate of drug-likeness (QED) is 0.528. The van der Waals surface area contributed by atoms with Crippen molar-refractivity contribution in [1.29, 1.82) is 0 Å². The maximum Gasteiger partial charge on any atom is 0.333 e. The first-order chi connectivity index (χ1) is 13.8. The molecular weight excluding hydrogens is 372 g/mol. The van der Waals surface area contributed by atoms with Gasteiger partial charge in [0.15, 0.2) is 0 Å². The fourth-order valence-electron chi connectivity index (χ4n) is 7.39. The van der Waals surface area contributed by atoms with Gasteiger partial charge in [0.1, 0.15) is 6.29 Å². The Kier molecular flexibility index (Phi) is 4.92. The SMILES string of the molecule is CCOC12CC3C(CCC4C(C)(C(=O)OC)CCCC34C=O)C(C)C1=CC(=O)O2. The second-order valence-electron chi connectivity index (χ2n) is 9.59. The summed E-state index contributed by atoms with van der Waals surface area (Å²) in [4.78, 5) is 37.8. The molecule has 0 amide bonds. The molecule has 0 radical (unpaired) electrons. The van der Waals surface area contributed by atoms with Gasteiger partial charge < -0.3 is 19.0 Å². The minimum Gasteiger partial charge on any atom is -0.469 e. The van der Waals surface area contributed by atoms with Crippen LogP contribution in [0.15, 0.2) is 11.6 Å². The summed E-state index contributed by atoms with van der Waals surface area (Å²) in [5.41, 5.74) is -0.372. The van der Waals surface area contributed by atoms with Crippen molar-refractivity contribution in [2.45, 2.75) is 65.1 Å². The standard InChI is InChI=1S/C23H32O6/c1-5-28-23-12-17-15(14(2)16(23)11-19(25)29-23)7-8-18-21(3,20(26)27-4)9-6-10-22(17,18)13-24/h11,13-15,17-18H,5-10,12H2,1-4H3. The highest BCUT2D eigenvalue weighted by molar-refractivity contribution is 5.87. The molecule has 0 saturated heterocycles. The molecule has 0 aromatic carbocycles. The van der Waals surface area contributed by atoms with Crippen LogP contribution >= 0.6 is 0 Å². The molecule has 0 aromatic heterocycles. The largest absolute Gasteiger partial charge is 0.469 e. The molecule has 160 valence electrons. The normalized spacial score (nSPS) is 45.9. The summed E-state index contributed by atoms with van der Waals surface area (Å²) in [5.74, 6) is -1.34. The summed E-state index contributed by atoms with van der Waals surface area (Å²) in [7, 11) is 1.43. The third-order valence-electron chi connectivity index (χ3n) is 8.57. The van der Waals surface area contributed by atoms with Crippen molar-refractivity contribution in [1.82, 2.24) is 0 Å². The molecule has 7 unspecified atom stereocenters. The van der Waals surface area contributed by atoms with Gasteiger partial charge in [0.25, 0.3) is 0 Å². The summed E-state index contributed by atoms with van der Waals surface area (Å²) in [5, 5.41) is 0. The fraction of sp³-hybridized carbons (Fsp3) is 0.783. The van der Waals surface area contributed by atoms with Gasteiger partial charge in [-0.05, 0) is 63.2 Å². The summed E-state index contributed by atoms with van der Waals surface area (Å²) < 4.78 is 17.0. The molecule has 3 saturated carbocycles. The second-order valence-corrected chi connectivity index (χ2v) is 9.59. The molecule has 4 rings (SSSR count). The Morgan fingerprint density at radius 1 is 1.34 bits per heavy atom. The third kappa shape index (κ3) is 2.67. The van der Waals surface area contributed by atoms with Gasteiger partial charge in [0, 0.05) is 30.1 Å². The smallest absolute Gasteiger partial charge is 0.333 e. The molecule has 3 aliphatic carbocycles. The Hall–Kier alpha value is -1.69. The maximum atomic E-state index is 12.8. The van der Waals surface area contributed by atoms with Crippen LogP contribution in [0.2, 0.25) is 0 Å². The number of aldehydes is 1. The van der Waals surface area contributed by atoms with Gasteiger partial charge in [-0.2, -0.15) is 0 Å². The summed E-state index contributed by atoms with van der Waals surface area (Å²) in [6.07, 6.45) is 7.25. The lowest BCUT2D eigenvalue weighted by atomic mass is 9.42. The monoisotopic (exact) mass is 404 g/mol. The Morgan fingerprint density at radius 2 is 2.10 bits per heavy atom. The number of ether oxygens (including phenoxy) is 3. The van der Waals surface area contributed by atoms with Gasteiger partial charge in [-0.15, -0.1) is 0 Å². The van der Waals surface area contributed by atoms with Gasteiger partial charge in [-0.25, -0.2) is 4.79 Å². The van der Waals surface area contributed by atoms with Gasteiger partial charge in [-0.3, -0.25) is 4.79 Å². The van der Waals surface area contributed by atoms with Gasteiger partial charge >= 0.3 is 11.9 Å². The molecule has 29 heavy (non-hydrogen) atoms. The van der Waals surface area contributed by atoms with E-state index in [1.165, 1.54) is 7.11 Å². The van der Waals surface area contributed by atoms with Crippen LogP contribution < -0.4 is 0 Å². The van der Waals surface area contributed by atoms with E-state index >= 15 is 0 Å². The molecule has 4 aliphatic rings. The molecule has 7 atom stereocenters. The van der Waals surface area contributed by atoms with Crippen molar-refractivity contribution in [3.63, 3.8) is 0 Å². The molecule has 1 aliphatic heterocycles. The lowest BCUT2D eigenvalue weighted by Gasteiger charge is -2.61. The van der Waals surface area contributed by atoms with Crippen LogP contribution in [0.3, 0.4) is 0 Å². The first-order valence-corrected chi connectivity index (χ1v) is 10.9. The number of esters is 2. The molecule has 1 heterocycles. The number of hydrogen-bond acceptors (Lipinski definition) is 6. The highest BCUT2D eigenvalue weighted by Gasteiger charge is 2.66.